The molecule has 1 nitrogen and oxygen atoms in total. The minimum Gasteiger partial charge on any atom is -0.358 e. The van der Waals surface area contributed by atoms with E-state index in [-0.39, 0.29) is 5.82 Å². The van der Waals surface area contributed by atoms with Crippen molar-refractivity contribution in [3.63, 3.8) is 0 Å². The quantitative estimate of drug-likeness (QED) is 0.486. The molecule has 0 saturated carbocycles. The molecule has 0 radical (unpaired) electrons. The molecule has 0 aliphatic heterocycles. The zero-order valence-electron chi connectivity index (χ0n) is 13.5. The number of aromatic amines is 1. The monoisotopic (exact) mass is 315 g/mol. The Balaban J connectivity index is 1.83. The van der Waals surface area contributed by atoms with Crippen LogP contribution in [0.15, 0.2) is 72.8 Å². The van der Waals surface area contributed by atoms with Crippen LogP contribution in [0.2, 0.25) is 0 Å². The summed E-state index contributed by atoms with van der Waals surface area (Å²) in [6, 6.07) is 23.7. The van der Waals surface area contributed by atoms with E-state index in [9.17, 15) is 4.39 Å². The molecular weight excluding hydrogens is 297 g/mol. The van der Waals surface area contributed by atoms with Crippen LogP contribution in [-0.4, -0.2) is 4.98 Å². The second-order valence-corrected chi connectivity index (χ2v) is 6.12. The second-order valence-electron chi connectivity index (χ2n) is 6.12. The van der Waals surface area contributed by atoms with Crippen LogP contribution in [0.25, 0.3) is 22.0 Å². The summed E-state index contributed by atoms with van der Waals surface area (Å²) in [6.07, 6.45) is 0.778. The average molecular weight is 315 g/mol. The SMILES string of the molecule is Cc1[nH]c2ccc(F)cc2c1Cc1ccccc1-c1ccccc1. The van der Waals surface area contributed by atoms with Gasteiger partial charge in [-0.1, -0.05) is 54.6 Å². The predicted octanol–water partition coefficient (Wildman–Crippen LogP) is 5.87. The third kappa shape index (κ3) is 2.61. The number of H-pyrrole nitrogens is 1. The molecule has 0 unspecified atom stereocenters. The summed E-state index contributed by atoms with van der Waals surface area (Å²) in [5.41, 5.74) is 6.92. The smallest absolute Gasteiger partial charge is 0.123 e. The van der Waals surface area contributed by atoms with Crippen molar-refractivity contribution in [1.29, 1.82) is 0 Å². The number of hydrogen-bond acceptors (Lipinski definition) is 0. The topological polar surface area (TPSA) is 15.8 Å². The minimum atomic E-state index is -0.195. The van der Waals surface area contributed by atoms with E-state index in [1.54, 1.807) is 6.07 Å². The van der Waals surface area contributed by atoms with Gasteiger partial charge in [-0.05, 0) is 47.4 Å². The number of hydrogen-bond donors (Lipinski definition) is 1. The van der Waals surface area contributed by atoms with Crippen LogP contribution in [0.4, 0.5) is 4.39 Å². The number of halogens is 1. The Bertz CT molecular complexity index is 999. The number of benzene rings is 3. The lowest BCUT2D eigenvalue weighted by atomic mass is 9.94. The molecule has 0 amide bonds. The van der Waals surface area contributed by atoms with E-state index in [2.05, 4.69) is 60.4 Å². The Labute approximate surface area is 140 Å². The lowest BCUT2D eigenvalue weighted by Gasteiger charge is -2.10. The zero-order chi connectivity index (χ0) is 16.5. The Kier molecular flexibility index (Phi) is 3.66. The van der Waals surface area contributed by atoms with E-state index in [1.165, 1.54) is 22.8 Å². The summed E-state index contributed by atoms with van der Waals surface area (Å²) in [6.45, 7) is 2.05. The van der Waals surface area contributed by atoms with Gasteiger partial charge in [-0.2, -0.15) is 0 Å². The van der Waals surface area contributed by atoms with E-state index in [4.69, 9.17) is 0 Å². The Hall–Kier alpha value is -2.87. The first kappa shape index (κ1) is 14.7. The van der Waals surface area contributed by atoms with Gasteiger partial charge in [0.25, 0.3) is 0 Å². The van der Waals surface area contributed by atoms with Crippen LogP contribution in [0.3, 0.4) is 0 Å². The first-order chi connectivity index (χ1) is 11.7. The molecule has 0 fully saturated rings. The third-order valence-electron chi connectivity index (χ3n) is 4.55. The van der Waals surface area contributed by atoms with Crippen molar-refractivity contribution >= 4 is 10.9 Å². The van der Waals surface area contributed by atoms with E-state index in [0.29, 0.717) is 0 Å². The molecule has 2 heteroatoms. The van der Waals surface area contributed by atoms with Crippen LogP contribution in [0.5, 0.6) is 0 Å². The van der Waals surface area contributed by atoms with Gasteiger partial charge in [0.15, 0.2) is 0 Å². The second kappa shape index (κ2) is 5.97. The molecule has 24 heavy (non-hydrogen) atoms. The largest absolute Gasteiger partial charge is 0.358 e. The molecule has 0 spiro atoms. The highest BCUT2D eigenvalue weighted by atomic mass is 19.1. The van der Waals surface area contributed by atoms with Crippen LogP contribution >= 0.6 is 0 Å². The normalized spacial score (nSPS) is 11.1. The molecule has 1 N–H and O–H groups in total. The molecule has 1 aromatic heterocycles. The van der Waals surface area contributed by atoms with Gasteiger partial charge in [-0.25, -0.2) is 4.39 Å². The summed E-state index contributed by atoms with van der Waals surface area (Å²) < 4.78 is 13.7. The van der Waals surface area contributed by atoms with E-state index in [1.807, 2.05) is 12.1 Å². The maximum atomic E-state index is 13.7. The average Bonchev–Trinajstić information content (AvgIpc) is 2.91. The van der Waals surface area contributed by atoms with Crippen LogP contribution in [-0.2, 0) is 6.42 Å². The molecule has 3 aromatic carbocycles. The molecule has 0 atom stereocenters. The van der Waals surface area contributed by atoms with Crippen LogP contribution < -0.4 is 0 Å². The van der Waals surface area contributed by atoms with Crippen molar-refractivity contribution in [3.05, 3.63) is 95.4 Å². The molecule has 1 heterocycles. The van der Waals surface area contributed by atoms with Crippen molar-refractivity contribution in [2.75, 3.05) is 0 Å². The van der Waals surface area contributed by atoms with Crippen molar-refractivity contribution in [1.82, 2.24) is 4.98 Å². The highest BCUT2D eigenvalue weighted by Gasteiger charge is 2.12. The lowest BCUT2D eigenvalue weighted by molar-refractivity contribution is 0.629. The molecule has 0 aliphatic rings. The van der Waals surface area contributed by atoms with Crippen molar-refractivity contribution < 1.29 is 4.39 Å². The maximum Gasteiger partial charge on any atom is 0.123 e. The Morgan fingerprint density at radius 3 is 2.46 bits per heavy atom. The standard InChI is InChI=1S/C22H18FN/c1-15-20(21-14-18(23)11-12-22(21)24-15)13-17-9-5-6-10-19(17)16-7-3-2-4-8-16/h2-12,14,24H,13H2,1H3. The molecule has 0 bridgehead atoms. The fraction of sp³-hybridized carbons (Fsp3) is 0.0909. The summed E-state index contributed by atoms with van der Waals surface area (Å²) in [4.78, 5) is 3.37. The first-order valence-electron chi connectivity index (χ1n) is 8.12. The van der Waals surface area contributed by atoms with Crippen LogP contribution in [0.1, 0.15) is 16.8 Å². The summed E-state index contributed by atoms with van der Waals surface area (Å²) in [7, 11) is 0. The van der Waals surface area contributed by atoms with Gasteiger partial charge < -0.3 is 4.98 Å². The molecule has 4 rings (SSSR count). The van der Waals surface area contributed by atoms with Gasteiger partial charge in [-0.15, -0.1) is 0 Å². The van der Waals surface area contributed by atoms with Gasteiger partial charge in [-0.3, -0.25) is 0 Å². The van der Waals surface area contributed by atoms with Crippen molar-refractivity contribution in [2.24, 2.45) is 0 Å². The van der Waals surface area contributed by atoms with Crippen LogP contribution in [0, 0.1) is 12.7 Å². The highest BCUT2D eigenvalue weighted by molar-refractivity contribution is 5.85. The number of nitrogens with one attached hydrogen (secondary N) is 1. The predicted molar refractivity (Wildman–Crippen MR) is 97.7 cm³/mol. The van der Waals surface area contributed by atoms with E-state index < -0.39 is 0 Å². The van der Waals surface area contributed by atoms with E-state index in [0.717, 1.165) is 28.6 Å². The molecule has 0 saturated heterocycles. The summed E-state index contributed by atoms with van der Waals surface area (Å²) in [5, 5.41) is 0.968. The molecule has 4 aromatic rings. The summed E-state index contributed by atoms with van der Waals surface area (Å²) in [5.74, 6) is -0.195. The highest BCUT2D eigenvalue weighted by Crippen LogP contribution is 2.30. The van der Waals surface area contributed by atoms with Gasteiger partial charge in [0, 0.05) is 23.0 Å². The van der Waals surface area contributed by atoms with Crippen molar-refractivity contribution in [3.8, 4) is 11.1 Å². The van der Waals surface area contributed by atoms with Gasteiger partial charge in [0.05, 0.1) is 0 Å². The number of aryl methyl sites for hydroxylation is 1. The molecular formula is C22H18FN. The Morgan fingerprint density at radius 2 is 1.62 bits per heavy atom. The maximum absolute atomic E-state index is 13.7. The van der Waals surface area contributed by atoms with Gasteiger partial charge in [0.1, 0.15) is 5.82 Å². The fourth-order valence-electron chi connectivity index (χ4n) is 3.35. The van der Waals surface area contributed by atoms with Crippen molar-refractivity contribution in [2.45, 2.75) is 13.3 Å². The Morgan fingerprint density at radius 1 is 0.875 bits per heavy atom. The minimum absolute atomic E-state index is 0.195. The lowest BCUT2D eigenvalue weighted by Crippen LogP contribution is -1.93. The number of fused-ring (bicyclic) bond motifs is 1. The third-order valence-corrected chi connectivity index (χ3v) is 4.55. The number of rotatable bonds is 3. The molecule has 0 aliphatic carbocycles. The fourth-order valence-corrected chi connectivity index (χ4v) is 3.35. The summed E-state index contributed by atoms with van der Waals surface area (Å²) >= 11 is 0. The van der Waals surface area contributed by atoms with Gasteiger partial charge >= 0.3 is 0 Å². The van der Waals surface area contributed by atoms with E-state index >= 15 is 0 Å². The first-order valence-corrected chi connectivity index (χ1v) is 8.12. The molecule has 118 valence electrons. The van der Waals surface area contributed by atoms with Gasteiger partial charge in [0.2, 0.25) is 0 Å². The zero-order valence-corrected chi connectivity index (χ0v) is 13.5. The number of aromatic nitrogens is 1.